The Kier molecular flexibility index (Phi) is 35.0. The molecule has 0 spiro atoms. The van der Waals surface area contributed by atoms with Gasteiger partial charge in [-0.15, -0.1) is 6.58 Å². The summed E-state index contributed by atoms with van der Waals surface area (Å²) in [6, 6.07) is 0. The molecule has 37 heavy (non-hydrogen) atoms. The average molecular weight is 523 g/mol. The Hall–Kier alpha value is -1.58. The molecular weight excluding hydrogens is 460 g/mol. The Morgan fingerprint density at radius 3 is 1.11 bits per heavy atom. The van der Waals surface area contributed by atoms with E-state index in [1.54, 1.807) is 0 Å². The molecule has 0 aromatic heterocycles. The Balaban J connectivity index is 0. The molecule has 2 N–H and O–H groups in total. The predicted octanol–water partition coefficient (Wildman–Crippen LogP) is 11.0. The molecule has 0 aliphatic heterocycles. The van der Waals surface area contributed by atoms with Crippen LogP contribution < -0.4 is 0 Å². The molecule has 0 amide bonds. The standard InChI is InChI=1S/C22H42O2.C11H20O2/c1-2-3-4-5-6-7-8-9-10-11-12-13-14-15-16-17-18-19-20-21-22(23)24;1-2-3-4-5-6-7-8-9-10-11(12)13/h9-10H,2-8,11-21H2,1H3,(H,23,24);2H,1,3-10H2,(H,12,13)/b10-9-;. The minimum Gasteiger partial charge on any atom is -0.481 e. The van der Waals surface area contributed by atoms with E-state index in [1.807, 2.05) is 6.08 Å². The SMILES string of the molecule is C=CCCCCCCCCC(=O)O.CCCCCCCC/C=C\CCCCCCCCCCCC(=O)O. The normalized spacial score (nSPS) is 10.8. The van der Waals surface area contributed by atoms with Crippen LogP contribution in [0.15, 0.2) is 24.8 Å². The number of allylic oxidation sites excluding steroid dienone is 3. The van der Waals surface area contributed by atoms with Crippen LogP contribution in [0.3, 0.4) is 0 Å². The highest BCUT2D eigenvalue weighted by molar-refractivity contribution is 5.66. The molecule has 0 saturated carbocycles. The maximum Gasteiger partial charge on any atom is 0.303 e. The van der Waals surface area contributed by atoms with Gasteiger partial charge in [0.1, 0.15) is 0 Å². The van der Waals surface area contributed by atoms with E-state index in [2.05, 4.69) is 25.7 Å². The van der Waals surface area contributed by atoms with Crippen LogP contribution in [0.4, 0.5) is 0 Å². The molecule has 0 aliphatic carbocycles. The fourth-order valence-corrected chi connectivity index (χ4v) is 4.33. The molecule has 0 radical (unpaired) electrons. The van der Waals surface area contributed by atoms with Gasteiger partial charge in [0.05, 0.1) is 0 Å². The van der Waals surface area contributed by atoms with Crippen LogP contribution in [-0.2, 0) is 9.59 Å². The van der Waals surface area contributed by atoms with Gasteiger partial charge >= 0.3 is 11.9 Å². The molecule has 0 saturated heterocycles. The Bertz CT molecular complexity index is 512. The molecule has 0 rings (SSSR count). The summed E-state index contributed by atoms with van der Waals surface area (Å²) in [4.78, 5) is 20.5. The highest BCUT2D eigenvalue weighted by Gasteiger charge is 1.97. The highest BCUT2D eigenvalue weighted by atomic mass is 16.4. The van der Waals surface area contributed by atoms with Crippen molar-refractivity contribution >= 4 is 11.9 Å². The third-order valence-electron chi connectivity index (χ3n) is 6.70. The smallest absolute Gasteiger partial charge is 0.303 e. The molecule has 0 aromatic rings. The van der Waals surface area contributed by atoms with E-state index < -0.39 is 11.9 Å². The quantitative estimate of drug-likeness (QED) is 0.0791. The largest absolute Gasteiger partial charge is 0.481 e. The van der Waals surface area contributed by atoms with Gasteiger partial charge in [-0.25, -0.2) is 0 Å². The lowest BCUT2D eigenvalue weighted by Gasteiger charge is -2.01. The minimum absolute atomic E-state index is 0.326. The second-order valence-corrected chi connectivity index (χ2v) is 10.5. The van der Waals surface area contributed by atoms with Crippen LogP contribution in [0.2, 0.25) is 0 Å². The zero-order valence-electron chi connectivity index (χ0n) is 24.5. The van der Waals surface area contributed by atoms with Gasteiger partial charge in [0.15, 0.2) is 0 Å². The van der Waals surface area contributed by atoms with Crippen molar-refractivity contribution in [1.29, 1.82) is 0 Å². The van der Waals surface area contributed by atoms with Crippen LogP contribution in [0, 0.1) is 0 Å². The number of carbonyl (C=O) groups is 2. The van der Waals surface area contributed by atoms with Crippen LogP contribution in [0.25, 0.3) is 0 Å². The summed E-state index contributed by atoms with van der Waals surface area (Å²) in [5.74, 6) is -1.33. The molecular formula is C33H62O4. The summed E-state index contributed by atoms with van der Waals surface area (Å²) >= 11 is 0. The van der Waals surface area contributed by atoms with Crippen molar-refractivity contribution in [3.8, 4) is 0 Å². The summed E-state index contributed by atoms with van der Waals surface area (Å²) in [6.07, 6.45) is 37.3. The molecule has 0 bridgehead atoms. The van der Waals surface area contributed by atoms with E-state index in [0.717, 1.165) is 32.1 Å². The van der Waals surface area contributed by atoms with Crippen LogP contribution in [0.1, 0.15) is 174 Å². The van der Waals surface area contributed by atoms with Crippen molar-refractivity contribution in [2.45, 2.75) is 174 Å². The van der Waals surface area contributed by atoms with Gasteiger partial charge in [0, 0.05) is 12.8 Å². The lowest BCUT2D eigenvalue weighted by atomic mass is 10.1. The van der Waals surface area contributed by atoms with Crippen molar-refractivity contribution in [3.63, 3.8) is 0 Å². The first kappa shape index (κ1) is 37.6. The fourth-order valence-electron chi connectivity index (χ4n) is 4.33. The second-order valence-electron chi connectivity index (χ2n) is 10.5. The van der Waals surface area contributed by atoms with E-state index >= 15 is 0 Å². The number of carboxylic acids is 2. The number of rotatable bonds is 28. The molecule has 0 unspecified atom stereocenters. The third kappa shape index (κ3) is 41.8. The van der Waals surface area contributed by atoms with Crippen molar-refractivity contribution in [3.05, 3.63) is 24.8 Å². The van der Waals surface area contributed by atoms with E-state index in [9.17, 15) is 9.59 Å². The predicted molar refractivity (Wildman–Crippen MR) is 160 cm³/mol. The Labute approximate surface area is 230 Å². The van der Waals surface area contributed by atoms with Gasteiger partial charge in [0.2, 0.25) is 0 Å². The zero-order chi connectivity index (χ0) is 27.7. The molecule has 218 valence electrons. The summed E-state index contributed by atoms with van der Waals surface area (Å²) in [6.45, 7) is 5.93. The van der Waals surface area contributed by atoms with Crippen molar-refractivity contribution in [1.82, 2.24) is 0 Å². The second kappa shape index (κ2) is 34.4. The summed E-state index contributed by atoms with van der Waals surface area (Å²) in [7, 11) is 0. The van der Waals surface area contributed by atoms with E-state index in [1.165, 1.54) is 122 Å². The monoisotopic (exact) mass is 522 g/mol. The molecule has 0 heterocycles. The maximum absolute atomic E-state index is 10.4. The van der Waals surface area contributed by atoms with E-state index in [0.29, 0.717) is 12.8 Å². The van der Waals surface area contributed by atoms with Gasteiger partial charge < -0.3 is 10.2 Å². The summed E-state index contributed by atoms with van der Waals surface area (Å²) in [5, 5.41) is 16.9. The van der Waals surface area contributed by atoms with Gasteiger partial charge in [-0.05, 0) is 51.4 Å². The van der Waals surface area contributed by atoms with E-state index in [4.69, 9.17) is 10.2 Å². The van der Waals surface area contributed by atoms with Crippen molar-refractivity contribution in [2.75, 3.05) is 0 Å². The summed E-state index contributed by atoms with van der Waals surface area (Å²) in [5.41, 5.74) is 0. The van der Waals surface area contributed by atoms with Gasteiger partial charge in [-0.2, -0.15) is 0 Å². The Morgan fingerprint density at radius 1 is 0.486 bits per heavy atom. The number of hydrogen-bond acceptors (Lipinski definition) is 2. The number of aliphatic carboxylic acids is 2. The lowest BCUT2D eigenvalue weighted by molar-refractivity contribution is -0.138. The van der Waals surface area contributed by atoms with Gasteiger partial charge in [-0.3, -0.25) is 9.59 Å². The van der Waals surface area contributed by atoms with Crippen LogP contribution in [0.5, 0.6) is 0 Å². The number of carboxylic acid groups (broad SMARTS) is 2. The molecule has 0 atom stereocenters. The molecule has 0 fully saturated rings. The maximum atomic E-state index is 10.4. The van der Waals surface area contributed by atoms with Crippen molar-refractivity contribution in [2.24, 2.45) is 0 Å². The first-order chi connectivity index (χ1) is 18.0. The molecule has 4 heteroatoms. The lowest BCUT2D eigenvalue weighted by Crippen LogP contribution is -1.93. The van der Waals surface area contributed by atoms with Crippen molar-refractivity contribution < 1.29 is 19.8 Å². The number of unbranched alkanes of at least 4 members (excludes halogenated alkanes) is 21. The third-order valence-corrected chi connectivity index (χ3v) is 6.70. The summed E-state index contributed by atoms with van der Waals surface area (Å²) < 4.78 is 0. The molecule has 0 aliphatic rings. The molecule has 4 nitrogen and oxygen atoms in total. The highest BCUT2D eigenvalue weighted by Crippen LogP contribution is 2.12. The van der Waals surface area contributed by atoms with Crippen LogP contribution in [-0.4, -0.2) is 22.2 Å². The first-order valence-corrected chi connectivity index (χ1v) is 15.7. The van der Waals surface area contributed by atoms with Gasteiger partial charge in [-0.1, -0.05) is 128 Å². The average Bonchev–Trinajstić information content (AvgIpc) is 2.87. The zero-order valence-corrected chi connectivity index (χ0v) is 24.5. The molecule has 0 aromatic carbocycles. The topological polar surface area (TPSA) is 74.6 Å². The van der Waals surface area contributed by atoms with Crippen LogP contribution >= 0.6 is 0 Å². The minimum atomic E-state index is -0.674. The van der Waals surface area contributed by atoms with E-state index in [-0.39, 0.29) is 0 Å². The fraction of sp³-hybridized carbons (Fsp3) is 0.818. The van der Waals surface area contributed by atoms with Gasteiger partial charge in [0.25, 0.3) is 0 Å². The first-order valence-electron chi connectivity index (χ1n) is 15.7. The Morgan fingerprint density at radius 2 is 0.784 bits per heavy atom. The number of hydrogen-bond donors (Lipinski definition) is 2.